The Hall–Kier alpha value is -4.21. The van der Waals surface area contributed by atoms with Gasteiger partial charge in [0.05, 0.1) is 24.8 Å². The summed E-state index contributed by atoms with van der Waals surface area (Å²) in [6.07, 6.45) is 1.12. The Bertz CT molecular complexity index is 1360. The fourth-order valence-electron chi connectivity index (χ4n) is 3.75. The average molecular weight is 499 g/mol. The monoisotopic (exact) mass is 499 g/mol. The van der Waals surface area contributed by atoms with Gasteiger partial charge in [0.15, 0.2) is 5.76 Å². The lowest BCUT2D eigenvalue weighted by Crippen LogP contribution is -2.16. The van der Waals surface area contributed by atoms with Gasteiger partial charge in [-0.15, -0.1) is 0 Å². The lowest BCUT2D eigenvalue weighted by atomic mass is 9.96. The number of nitrogens with one attached hydrogen (secondary N) is 2. The number of benzene rings is 2. The maximum absolute atomic E-state index is 14.8. The number of anilines is 1. The highest BCUT2D eigenvalue weighted by Crippen LogP contribution is 2.35. The fourth-order valence-corrected chi connectivity index (χ4v) is 3.75. The molecule has 186 valence electrons. The Balaban J connectivity index is 1.52. The summed E-state index contributed by atoms with van der Waals surface area (Å²) in [6.45, 7) is 2.08. The number of H-pyrrole nitrogens is 1. The van der Waals surface area contributed by atoms with Crippen molar-refractivity contribution >= 4 is 23.0 Å². The molecule has 0 spiro atoms. The molecule has 1 aliphatic carbocycles. The van der Waals surface area contributed by atoms with E-state index in [1.807, 2.05) is 0 Å². The summed E-state index contributed by atoms with van der Waals surface area (Å²) in [6, 6.07) is 7.44. The number of ketones is 1. The molecule has 4 rings (SSSR count). The third-order valence-electron chi connectivity index (χ3n) is 5.48. The van der Waals surface area contributed by atoms with E-state index in [0.29, 0.717) is 23.3 Å². The van der Waals surface area contributed by atoms with E-state index in [0.717, 1.165) is 12.1 Å². The van der Waals surface area contributed by atoms with Crippen molar-refractivity contribution in [2.75, 3.05) is 11.9 Å². The molecule has 3 aromatic rings. The van der Waals surface area contributed by atoms with E-state index in [9.17, 15) is 27.2 Å². The lowest BCUT2D eigenvalue weighted by Gasteiger charge is -2.15. The van der Waals surface area contributed by atoms with E-state index in [1.54, 1.807) is 25.1 Å². The van der Waals surface area contributed by atoms with E-state index in [2.05, 4.69) is 15.5 Å². The van der Waals surface area contributed by atoms with Crippen molar-refractivity contribution in [2.24, 2.45) is 0 Å². The maximum Gasteiger partial charge on any atom is 0.416 e. The van der Waals surface area contributed by atoms with Crippen molar-refractivity contribution in [3.8, 4) is 11.1 Å². The third-order valence-corrected chi connectivity index (χ3v) is 5.48. The van der Waals surface area contributed by atoms with Gasteiger partial charge in [0.25, 0.3) is 0 Å². The van der Waals surface area contributed by atoms with Crippen LogP contribution < -0.4 is 5.32 Å². The molecule has 2 N–H and O–H groups in total. The van der Waals surface area contributed by atoms with E-state index in [1.165, 1.54) is 30.6 Å². The van der Waals surface area contributed by atoms with Gasteiger partial charge in [0.2, 0.25) is 11.7 Å². The summed E-state index contributed by atoms with van der Waals surface area (Å²) >= 11 is 0. The van der Waals surface area contributed by atoms with E-state index in [-0.39, 0.29) is 41.2 Å². The van der Waals surface area contributed by atoms with Crippen LogP contribution in [0, 0.1) is 5.82 Å². The van der Waals surface area contributed by atoms with E-state index < -0.39 is 23.5 Å². The predicted octanol–water partition coefficient (Wildman–Crippen LogP) is 5.69. The summed E-state index contributed by atoms with van der Waals surface area (Å²) in [4.78, 5) is 24.5. The summed E-state index contributed by atoms with van der Waals surface area (Å²) in [5.74, 6) is -1.30. The molecule has 0 saturated heterocycles. The van der Waals surface area contributed by atoms with Crippen LogP contribution in [-0.2, 0) is 26.9 Å². The molecule has 1 aromatic heterocycles. The maximum atomic E-state index is 14.8. The first-order valence-electron chi connectivity index (χ1n) is 11.0. The van der Waals surface area contributed by atoms with Gasteiger partial charge in [-0.2, -0.15) is 18.3 Å². The molecule has 1 heterocycles. The molecule has 36 heavy (non-hydrogen) atoms. The average Bonchev–Trinajstić information content (AvgIpc) is 3.36. The molecule has 6 nitrogen and oxygen atoms in total. The SMILES string of the molecule is CCOC1=CC(c2ccc(CC(=O)Nc3cc(-c4cn[nH]c4)cc(C(F)(F)F)c3)c(F)c2)=CCC1=O. The number of aromatic nitrogens is 2. The van der Waals surface area contributed by atoms with E-state index in [4.69, 9.17) is 4.74 Å². The van der Waals surface area contributed by atoms with Crippen LogP contribution in [0.5, 0.6) is 0 Å². The molecule has 0 fully saturated rings. The van der Waals surface area contributed by atoms with Crippen LogP contribution in [0.3, 0.4) is 0 Å². The number of rotatable bonds is 7. The van der Waals surface area contributed by atoms with Crippen LogP contribution in [-0.4, -0.2) is 28.5 Å². The highest BCUT2D eigenvalue weighted by Gasteiger charge is 2.31. The molecular weight excluding hydrogens is 478 g/mol. The summed E-state index contributed by atoms with van der Waals surface area (Å²) in [5.41, 5.74) is 0.800. The quantitative estimate of drug-likeness (QED) is 0.409. The van der Waals surface area contributed by atoms with Crippen LogP contribution in [0.15, 0.2) is 66.7 Å². The number of nitrogens with zero attached hydrogens (tertiary/aromatic N) is 1. The second-order valence-corrected chi connectivity index (χ2v) is 8.04. The van der Waals surface area contributed by atoms with Crippen molar-refractivity contribution in [3.63, 3.8) is 0 Å². The van der Waals surface area contributed by atoms with Gasteiger partial charge in [-0.3, -0.25) is 14.7 Å². The second-order valence-electron chi connectivity index (χ2n) is 8.04. The van der Waals surface area contributed by atoms with Crippen molar-refractivity contribution in [3.05, 3.63) is 89.2 Å². The van der Waals surface area contributed by atoms with Crippen molar-refractivity contribution < 1.29 is 31.9 Å². The molecule has 2 aromatic carbocycles. The highest BCUT2D eigenvalue weighted by molar-refractivity contribution is 6.01. The number of Topliss-reactive ketones (excluding diaryl/α,β-unsaturated/α-hetero) is 1. The zero-order valence-electron chi connectivity index (χ0n) is 19.1. The molecule has 0 bridgehead atoms. The van der Waals surface area contributed by atoms with Gasteiger partial charge in [0, 0.05) is 23.9 Å². The minimum atomic E-state index is -4.63. The van der Waals surface area contributed by atoms with Gasteiger partial charge in [-0.05, 0) is 59.5 Å². The van der Waals surface area contributed by atoms with E-state index >= 15 is 0 Å². The van der Waals surface area contributed by atoms with Crippen molar-refractivity contribution in [1.29, 1.82) is 0 Å². The van der Waals surface area contributed by atoms with Gasteiger partial charge in [-0.1, -0.05) is 18.2 Å². The van der Waals surface area contributed by atoms with Crippen molar-refractivity contribution in [1.82, 2.24) is 10.2 Å². The molecule has 0 radical (unpaired) electrons. The number of carbonyl (C=O) groups is 2. The Labute approximate surface area is 203 Å². The third kappa shape index (κ3) is 5.70. The second kappa shape index (κ2) is 10.2. The Morgan fingerprint density at radius 1 is 1.14 bits per heavy atom. The molecule has 0 saturated carbocycles. The number of halogens is 4. The molecule has 0 unspecified atom stereocenters. The molecule has 10 heteroatoms. The zero-order valence-corrected chi connectivity index (χ0v) is 19.1. The number of hydrogen-bond donors (Lipinski definition) is 2. The lowest BCUT2D eigenvalue weighted by molar-refractivity contribution is -0.137. The smallest absolute Gasteiger partial charge is 0.416 e. The number of hydrogen-bond acceptors (Lipinski definition) is 4. The first-order valence-corrected chi connectivity index (χ1v) is 11.0. The van der Waals surface area contributed by atoms with Crippen LogP contribution >= 0.6 is 0 Å². The van der Waals surface area contributed by atoms with Crippen LogP contribution in [0.25, 0.3) is 16.7 Å². The van der Waals surface area contributed by atoms with Gasteiger partial charge < -0.3 is 10.1 Å². The van der Waals surface area contributed by atoms with Gasteiger partial charge in [0.1, 0.15) is 5.82 Å². The number of carbonyl (C=O) groups excluding carboxylic acids is 2. The minimum Gasteiger partial charge on any atom is -0.490 e. The van der Waals surface area contributed by atoms with Gasteiger partial charge in [-0.25, -0.2) is 4.39 Å². The largest absolute Gasteiger partial charge is 0.490 e. The predicted molar refractivity (Wildman–Crippen MR) is 125 cm³/mol. The Kier molecular flexibility index (Phi) is 7.05. The Morgan fingerprint density at radius 3 is 2.61 bits per heavy atom. The first-order chi connectivity index (χ1) is 17.1. The minimum absolute atomic E-state index is 0.0692. The highest BCUT2D eigenvalue weighted by atomic mass is 19.4. The fraction of sp³-hybridized carbons (Fsp3) is 0.192. The molecule has 1 aliphatic rings. The van der Waals surface area contributed by atoms with Crippen LogP contribution in [0.1, 0.15) is 30.0 Å². The molecule has 0 atom stereocenters. The molecular formula is C26H21F4N3O3. The summed E-state index contributed by atoms with van der Waals surface area (Å²) in [7, 11) is 0. The number of ether oxygens (including phenoxy) is 1. The number of aromatic amines is 1. The standard InChI is InChI=1S/C26H21F4N3O3/c1-2-36-24-10-16(5-6-23(24)34)15-3-4-17(22(27)9-15)11-25(35)33-21-8-18(19-13-31-32-14-19)7-20(12-21)26(28,29)30/h3-5,7-10,12-14H,2,6,11H2,1H3,(H,31,32)(H,33,35). The number of alkyl halides is 3. The normalized spacial score (nSPS) is 13.8. The summed E-state index contributed by atoms with van der Waals surface area (Å²) < 4.78 is 60.3. The Morgan fingerprint density at radius 2 is 1.94 bits per heavy atom. The number of allylic oxidation sites excluding steroid dienone is 4. The summed E-state index contributed by atoms with van der Waals surface area (Å²) in [5, 5.41) is 8.70. The van der Waals surface area contributed by atoms with Crippen molar-refractivity contribution in [2.45, 2.75) is 25.9 Å². The zero-order chi connectivity index (χ0) is 25.9. The molecule has 1 amide bonds. The van der Waals surface area contributed by atoms with Crippen LogP contribution in [0.4, 0.5) is 23.2 Å². The van der Waals surface area contributed by atoms with Gasteiger partial charge >= 0.3 is 6.18 Å². The number of amides is 1. The van der Waals surface area contributed by atoms with Crippen LogP contribution in [0.2, 0.25) is 0 Å². The molecule has 0 aliphatic heterocycles. The first kappa shape index (κ1) is 24.9. The topological polar surface area (TPSA) is 84.1 Å².